The lowest BCUT2D eigenvalue weighted by Crippen LogP contribution is -2.28. The predicted octanol–water partition coefficient (Wildman–Crippen LogP) is 3.82. The lowest BCUT2D eigenvalue weighted by molar-refractivity contribution is 0.542. The zero-order chi connectivity index (χ0) is 17.1. The van der Waals surface area contributed by atoms with Crippen LogP contribution < -0.4 is 5.32 Å². The van der Waals surface area contributed by atoms with Crippen molar-refractivity contribution in [3.05, 3.63) is 46.0 Å². The molecule has 0 saturated carbocycles. The Morgan fingerprint density at radius 2 is 2.24 bits per heavy atom. The number of nitrogens with one attached hydrogen (secondary N) is 1. The van der Waals surface area contributed by atoms with Crippen molar-refractivity contribution >= 4 is 32.7 Å². The Bertz CT molecular complexity index is 1130. The van der Waals surface area contributed by atoms with Crippen LogP contribution in [-0.4, -0.2) is 26.1 Å². The molecule has 1 N–H and O–H groups in total. The fraction of sp³-hybridized carbons (Fsp3) is 0.278. The van der Waals surface area contributed by atoms with E-state index in [1.165, 1.54) is 11.1 Å². The number of oxazole rings is 1. The molecule has 4 aromatic rings. The average molecular weight is 398 g/mol. The number of rotatable bonds is 1. The summed E-state index contributed by atoms with van der Waals surface area (Å²) >= 11 is 3.44. The second-order valence-electron chi connectivity index (χ2n) is 6.43. The van der Waals surface area contributed by atoms with E-state index in [4.69, 9.17) is 9.52 Å². The van der Waals surface area contributed by atoms with Crippen molar-refractivity contribution in [1.29, 1.82) is 0 Å². The van der Waals surface area contributed by atoms with Crippen molar-refractivity contribution in [1.82, 2.24) is 24.9 Å². The maximum atomic E-state index is 5.96. The van der Waals surface area contributed by atoms with Gasteiger partial charge in [-0.25, -0.2) is 14.5 Å². The summed E-state index contributed by atoms with van der Waals surface area (Å²) in [5.74, 6) is 0.681. The molecule has 7 heteroatoms. The van der Waals surface area contributed by atoms with Crippen LogP contribution in [0.1, 0.15) is 30.0 Å². The molecule has 4 heterocycles. The molecule has 0 amide bonds. The van der Waals surface area contributed by atoms with E-state index in [0.29, 0.717) is 5.89 Å². The van der Waals surface area contributed by atoms with Crippen molar-refractivity contribution in [2.75, 3.05) is 6.54 Å². The Kier molecular flexibility index (Phi) is 3.23. The summed E-state index contributed by atoms with van der Waals surface area (Å²) in [4.78, 5) is 9.07. The van der Waals surface area contributed by atoms with Gasteiger partial charge >= 0.3 is 0 Å². The summed E-state index contributed by atoms with van der Waals surface area (Å²) in [7, 11) is 0. The number of aryl methyl sites for hydroxylation is 1. The number of halogens is 1. The third kappa shape index (κ3) is 2.30. The van der Waals surface area contributed by atoms with Crippen LogP contribution in [-0.2, 0) is 6.42 Å². The summed E-state index contributed by atoms with van der Waals surface area (Å²) in [6.07, 6.45) is 4.63. The number of hydrogen-bond acceptors (Lipinski definition) is 5. The molecule has 1 atom stereocenters. The van der Waals surface area contributed by atoms with Gasteiger partial charge in [0.1, 0.15) is 5.52 Å². The van der Waals surface area contributed by atoms with Gasteiger partial charge in [-0.2, -0.15) is 5.10 Å². The third-order valence-corrected chi connectivity index (χ3v) is 5.17. The number of benzene rings is 1. The first-order valence-electron chi connectivity index (χ1n) is 8.28. The van der Waals surface area contributed by atoms with Crippen LogP contribution in [0.25, 0.3) is 28.0 Å². The summed E-state index contributed by atoms with van der Waals surface area (Å²) < 4.78 is 8.63. The number of fused-ring (bicyclic) bond motifs is 4. The number of nitrogens with zero attached hydrogens (tertiary/aromatic N) is 4. The first-order chi connectivity index (χ1) is 12.1. The number of hydrogen-bond donors (Lipinski definition) is 1. The minimum atomic E-state index is 0.285. The molecule has 25 heavy (non-hydrogen) atoms. The van der Waals surface area contributed by atoms with Crippen LogP contribution in [0.4, 0.5) is 0 Å². The fourth-order valence-electron chi connectivity index (χ4n) is 3.61. The van der Waals surface area contributed by atoms with Crippen LogP contribution in [0.2, 0.25) is 0 Å². The maximum Gasteiger partial charge on any atom is 0.192 e. The summed E-state index contributed by atoms with van der Waals surface area (Å²) in [6.45, 7) is 5.03. The van der Waals surface area contributed by atoms with Gasteiger partial charge in [-0.05, 0) is 53.0 Å². The molecular weight excluding hydrogens is 382 g/mol. The van der Waals surface area contributed by atoms with Gasteiger partial charge in [0, 0.05) is 37.0 Å². The van der Waals surface area contributed by atoms with Gasteiger partial charge in [0.25, 0.3) is 0 Å². The molecule has 5 rings (SSSR count). The van der Waals surface area contributed by atoms with E-state index in [-0.39, 0.29) is 6.04 Å². The minimum absolute atomic E-state index is 0.285. The quantitative estimate of drug-likeness (QED) is 0.528. The van der Waals surface area contributed by atoms with Crippen molar-refractivity contribution in [2.45, 2.75) is 26.3 Å². The van der Waals surface area contributed by atoms with E-state index in [1.807, 2.05) is 19.2 Å². The van der Waals surface area contributed by atoms with Crippen molar-refractivity contribution in [2.24, 2.45) is 0 Å². The van der Waals surface area contributed by atoms with Crippen LogP contribution >= 0.6 is 15.9 Å². The molecule has 3 aromatic heterocycles. The van der Waals surface area contributed by atoms with Crippen molar-refractivity contribution < 1.29 is 4.42 Å². The highest BCUT2D eigenvalue weighted by atomic mass is 79.9. The van der Waals surface area contributed by atoms with E-state index in [2.05, 4.69) is 44.2 Å². The monoisotopic (exact) mass is 397 g/mol. The minimum Gasteiger partial charge on any atom is -0.440 e. The standard InChI is InChI=1S/C18H16BrN5O/c1-9-13-5-14(15-6-16-21-7-11(19)8-24(16)23-15)18-17(22-10(2)25-18)12(13)3-4-20-9/h5-9,20H,3-4H2,1-2H3. The van der Waals surface area contributed by atoms with Crippen LogP contribution in [0.15, 0.2) is 33.4 Å². The van der Waals surface area contributed by atoms with Gasteiger partial charge in [0.2, 0.25) is 0 Å². The second kappa shape index (κ2) is 5.37. The Hall–Kier alpha value is -2.25. The first-order valence-corrected chi connectivity index (χ1v) is 9.07. The van der Waals surface area contributed by atoms with Gasteiger partial charge < -0.3 is 9.73 Å². The molecule has 1 unspecified atom stereocenters. The Morgan fingerprint density at radius 3 is 3.12 bits per heavy atom. The highest BCUT2D eigenvalue weighted by molar-refractivity contribution is 9.10. The topological polar surface area (TPSA) is 68.2 Å². The maximum absolute atomic E-state index is 5.96. The smallest absolute Gasteiger partial charge is 0.192 e. The van der Waals surface area contributed by atoms with Gasteiger partial charge in [0.05, 0.1) is 10.2 Å². The van der Waals surface area contributed by atoms with E-state index in [0.717, 1.165) is 45.4 Å². The molecule has 0 spiro atoms. The molecule has 1 aliphatic rings. The van der Waals surface area contributed by atoms with Crippen molar-refractivity contribution in [3.63, 3.8) is 0 Å². The third-order valence-electron chi connectivity index (χ3n) is 4.76. The number of aromatic nitrogens is 4. The highest BCUT2D eigenvalue weighted by Gasteiger charge is 2.24. The lowest BCUT2D eigenvalue weighted by Gasteiger charge is -2.24. The predicted molar refractivity (Wildman–Crippen MR) is 98.5 cm³/mol. The molecule has 1 aliphatic heterocycles. The largest absolute Gasteiger partial charge is 0.440 e. The fourth-order valence-corrected chi connectivity index (χ4v) is 3.90. The van der Waals surface area contributed by atoms with Crippen LogP contribution in [0.5, 0.6) is 0 Å². The summed E-state index contributed by atoms with van der Waals surface area (Å²) in [5.41, 5.74) is 6.93. The molecule has 0 saturated heterocycles. The molecule has 0 aliphatic carbocycles. The first kappa shape index (κ1) is 15.0. The SMILES string of the molecule is Cc1nc2c3c(cc(-c4cc5ncc(Br)cn5n4)c2o1)C(C)NCC3. The van der Waals surface area contributed by atoms with Crippen molar-refractivity contribution in [3.8, 4) is 11.3 Å². The Labute approximate surface area is 152 Å². The van der Waals surface area contributed by atoms with Gasteiger partial charge in [-0.3, -0.25) is 0 Å². The summed E-state index contributed by atoms with van der Waals surface area (Å²) in [5, 5.41) is 8.21. The summed E-state index contributed by atoms with van der Waals surface area (Å²) in [6, 6.07) is 4.45. The zero-order valence-electron chi connectivity index (χ0n) is 13.9. The van der Waals surface area contributed by atoms with E-state index < -0.39 is 0 Å². The molecular formula is C18H16BrN5O. The van der Waals surface area contributed by atoms with Gasteiger partial charge in [-0.15, -0.1) is 0 Å². The Balaban J connectivity index is 1.82. The van der Waals surface area contributed by atoms with Gasteiger partial charge in [-0.1, -0.05) is 0 Å². The van der Waals surface area contributed by atoms with Crippen LogP contribution in [0.3, 0.4) is 0 Å². The molecule has 0 radical (unpaired) electrons. The van der Waals surface area contributed by atoms with Crippen LogP contribution in [0, 0.1) is 6.92 Å². The molecule has 1 aromatic carbocycles. The molecule has 6 nitrogen and oxygen atoms in total. The van der Waals surface area contributed by atoms with E-state index in [1.54, 1.807) is 10.7 Å². The Morgan fingerprint density at radius 1 is 1.36 bits per heavy atom. The zero-order valence-corrected chi connectivity index (χ0v) is 15.5. The van der Waals surface area contributed by atoms with E-state index >= 15 is 0 Å². The van der Waals surface area contributed by atoms with E-state index in [9.17, 15) is 0 Å². The molecule has 0 bridgehead atoms. The van der Waals surface area contributed by atoms with Gasteiger partial charge in [0.15, 0.2) is 17.1 Å². The molecule has 126 valence electrons. The second-order valence-corrected chi connectivity index (χ2v) is 7.35. The lowest BCUT2D eigenvalue weighted by atomic mass is 9.91. The average Bonchev–Trinajstić information content (AvgIpc) is 3.17. The normalized spacial score (nSPS) is 17.3. The highest BCUT2D eigenvalue weighted by Crippen LogP contribution is 2.37. The molecule has 0 fully saturated rings.